The Morgan fingerprint density at radius 2 is 2.22 bits per heavy atom. The Bertz CT molecular complexity index is 473. The summed E-state index contributed by atoms with van der Waals surface area (Å²) in [5.41, 5.74) is -0.139. The van der Waals surface area contributed by atoms with Gasteiger partial charge in [-0.1, -0.05) is 0 Å². The van der Waals surface area contributed by atoms with E-state index in [1.807, 2.05) is 0 Å². The van der Waals surface area contributed by atoms with Crippen molar-refractivity contribution in [3.63, 3.8) is 0 Å². The van der Waals surface area contributed by atoms with Crippen molar-refractivity contribution in [3.05, 3.63) is 17.7 Å². The van der Waals surface area contributed by atoms with Gasteiger partial charge in [-0.15, -0.1) is 0 Å². The Hall–Kier alpha value is -1.89. The van der Waals surface area contributed by atoms with E-state index >= 15 is 0 Å². The summed E-state index contributed by atoms with van der Waals surface area (Å²) >= 11 is 0. The van der Waals surface area contributed by atoms with Gasteiger partial charge in [0.25, 0.3) is 0 Å². The summed E-state index contributed by atoms with van der Waals surface area (Å²) in [7, 11) is -1.18. The monoisotopic (exact) mass is 252 g/mol. The maximum atomic E-state index is 11.3. The van der Waals surface area contributed by atoms with E-state index in [0.717, 1.165) is 0 Å². The molecule has 18 heavy (non-hydrogen) atoms. The van der Waals surface area contributed by atoms with Crippen molar-refractivity contribution in [2.75, 3.05) is 6.51 Å². The van der Waals surface area contributed by atoms with E-state index in [4.69, 9.17) is 14.1 Å². The Balaban J connectivity index is 2.50. The van der Waals surface area contributed by atoms with E-state index in [0.29, 0.717) is 0 Å². The van der Waals surface area contributed by atoms with Crippen molar-refractivity contribution < 1.29 is 29.1 Å². The number of benzene rings is 1. The maximum Gasteiger partial charge on any atom is 0.563 e. The summed E-state index contributed by atoms with van der Waals surface area (Å²) < 4.78 is 15.7. The van der Waals surface area contributed by atoms with Gasteiger partial charge in [0, 0.05) is 0 Å². The Morgan fingerprint density at radius 3 is 2.83 bits per heavy atom. The molecule has 0 aliphatic carbocycles. The van der Waals surface area contributed by atoms with Gasteiger partial charge in [-0.25, -0.2) is 4.79 Å². The number of carbonyl (C=O) groups is 1. The van der Waals surface area contributed by atoms with Crippen LogP contribution in [0.4, 0.5) is 0 Å². The first kappa shape index (κ1) is 12.6. The zero-order valence-corrected chi connectivity index (χ0v) is 10.0. The van der Waals surface area contributed by atoms with Crippen LogP contribution in [0.15, 0.2) is 12.1 Å². The van der Waals surface area contributed by atoms with Crippen LogP contribution in [0.1, 0.15) is 24.2 Å². The highest BCUT2D eigenvalue weighted by Gasteiger charge is 2.31. The summed E-state index contributed by atoms with van der Waals surface area (Å²) in [6.07, 6.45) is -0.171. The normalized spacial score (nSPS) is 13.7. The fraction of sp³-hybridized carbons (Fsp3) is 0.364. The SMILES string of the molecule is CC(C)Oc1ccc2c(c1C(=O)O)OB(O)CO2. The highest BCUT2D eigenvalue weighted by molar-refractivity contribution is 6.44. The molecule has 0 bridgehead atoms. The predicted molar refractivity (Wildman–Crippen MR) is 63.3 cm³/mol. The summed E-state index contributed by atoms with van der Waals surface area (Å²) in [6.45, 7) is 3.55. The first-order valence-corrected chi connectivity index (χ1v) is 5.53. The van der Waals surface area contributed by atoms with E-state index in [2.05, 4.69) is 0 Å². The fourth-order valence-corrected chi connectivity index (χ4v) is 1.66. The molecule has 1 aliphatic heterocycles. The maximum absolute atomic E-state index is 11.3. The first-order valence-electron chi connectivity index (χ1n) is 5.53. The number of hydrogen-bond donors (Lipinski definition) is 2. The zero-order valence-electron chi connectivity index (χ0n) is 10.0. The van der Waals surface area contributed by atoms with Crippen LogP contribution in [0.5, 0.6) is 17.2 Å². The van der Waals surface area contributed by atoms with Crippen LogP contribution in [0.2, 0.25) is 0 Å². The minimum absolute atomic E-state index is 0.000556. The predicted octanol–water partition coefficient (Wildman–Crippen LogP) is 0.963. The lowest BCUT2D eigenvalue weighted by Gasteiger charge is -2.23. The van der Waals surface area contributed by atoms with Crippen molar-refractivity contribution in [3.8, 4) is 17.2 Å². The standard InChI is InChI=1S/C11H13BO6/c1-6(2)17-7-3-4-8-10(9(7)11(13)14)18-12(15)5-16-8/h3-4,6,15H,5H2,1-2H3,(H,13,14). The van der Waals surface area contributed by atoms with Crippen LogP contribution >= 0.6 is 0 Å². The molecule has 0 atom stereocenters. The van der Waals surface area contributed by atoms with Gasteiger partial charge in [-0.3, -0.25) is 0 Å². The molecule has 1 heterocycles. The molecule has 7 heteroatoms. The summed E-state index contributed by atoms with van der Waals surface area (Å²) in [4.78, 5) is 11.3. The number of ether oxygens (including phenoxy) is 2. The average Bonchev–Trinajstić information content (AvgIpc) is 2.26. The van der Waals surface area contributed by atoms with Crippen molar-refractivity contribution in [1.29, 1.82) is 0 Å². The van der Waals surface area contributed by atoms with Gasteiger partial charge in [0.15, 0.2) is 11.5 Å². The average molecular weight is 252 g/mol. The Kier molecular flexibility index (Phi) is 3.33. The summed E-state index contributed by atoms with van der Waals surface area (Å²) in [5, 5.41) is 18.6. The lowest BCUT2D eigenvalue weighted by Crippen LogP contribution is -2.34. The van der Waals surface area contributed by atoms with Crippen LogP contribution in [0.25, 0.3) is 0 Å². The molecule has 2 rings (SSSR count). The molecule has 0 saturated heterocycles. The number of carboxylic acid groups (broad SMARTS) is 1. The minimum Gasteiger partial charge on any atom is -0.531 e. The molecule has 0 aromatic heterocycles. The molecular weight excluding hydrogens is 239 g/mol. The molecule has 0 radical (unpaired) electrons. The van der Waals surface area contributed by atoms with Gasteiger partial charge in [-0.2, -0.15) is 0 Å². The van der Waals surface area contributed by atoms with Gasteiger partial charge >= 0.3 is 13.1 Å². The second-order valence-electron chi connectivity index (χ2n) is 4.12. The Morgan fingerprint density at radius 1 is 1.50 bits per heavy atom. The molecule has 1 aromatic carbocycles. The fourth-order valence-electron chi connectivity index (χ4n) is 1.66. The lowest BCUT2D eigenvalue weighted by molar-refractivity contribution is 0.0686. The van der Waals surface area contributed by atoms with Crippen LogP contribution in [-0.4, -0.2) is 35.8 Å². The van der Waals surface area contributed by atoms with Gasteiger partial charge < -0.3 is 24.3 Å². The topological polar surface area (TPSA) is 85.2 Å². The third-order valence-corrected chi connectivity index (χ3v) is 2.30. The summed E-state index contributed by atoms with van der Waals surface area (Å²) in [5.74, 6) is -0.720. The lowest BCUT2D eigenvalue weighted by atomic mass is 9.91. The van der Waals surface area contributed by atoms with Crippen molar-refractivity contribution >= 4 is 13.1 Å². The smallest absolute Gasteiger partial charge is 0.531 e. The van der Waals surface area contributed by atoms with Gasteiger partial charge in [-0.05, 0) is 26.0 Å². The van der Waals surface area contributed by atoms with Crippen LogP contribution < -0.4 is 14.1 Å². The molecule has 2 N–H and O–H groups in total. The van der Waals surface area contributed by atoms with E-state index in [1.165, 1.54) is 6.07 Å². The van der Waals surface area contributed by atoms with E-state index in [1.54, 1.807) is 19.9 Å². The molecule has 0 fully saturated rings. The number of rotatable bonds is 3. The largest absolute Gasteiger partial charge is 0.563 e. The van der Waals surface area contributed by atoms with Gasteiger partial charge in [0.2, 0.25) is 0 Å². The van der Waals surface area contributed by atoms with Crippen LogP contribution in [0, 0.1) is 0 Å². The molecule has 0 unspecified atom stereocenters. The van der Waals surface area contributed by atoms with E-state index < -0.39 is 13.1 Å². The van der Waals surface area contributed by atoms with Gasteiger partial charge in [0.05, 0.1) is 6.10 Å². The summed E-state index contributed by atoms with van der Waals surface area (Å²) in [6, 6.07) is 3.08. The van der Waals surface area contributed by atoms with Crippen molar-refractivity contribution in [2.24, 2.45) is 0 Å². The molecule has 1 aliphatic rings. The number of carboxylic acids is 1. The molecular formula is C11H13BO6. The third kappa shape index (κ3) is 2.35. The third-order valence-electron chi connectivity index (χ3n) is 2.30. The highest BCUT2D eigenvalue weighted by Crippen LogP contribution is 2.40. The van der Waals surface area contributed by atoms with E-state index in [9.17, 15) is 14.9 Å². The van der Waals surface area contributed by atoms with Crippen LogP contribution in [-0.2, 0) is 0 Å². The minimum atomic E-state index is -1.19. The van der Waals surface area contributed by atoms with Gasteiger partial charge in [0.1, 0.15) is 17.8 Å². The number of hydrogen-bond acceptors (Lipinski definition) is 5. The van der Waals surface area contributed by atoms with Crippen LogP contribution in [0.3, 0.4) is 0 Å². The first-order chi connectivity index (χ1) is 8.49. The second-order valence-corrected chi connectivity index (χ2v) is 4.12. The van der Waals surface area contributed by atoms with Crippen molar-refractivity contribution in [2.45, 2.75) is 20.0 Å². The Labute approximate surface area is 104 Å². The molecule has 6 nitrogen and oxygen atoms in total. The number of aromatic carboxylic acids is 1. The van der Waals surface area contributed by atoms with E-state index in [-0.39, 0.29) is 35.4 Å². The molecule has 0 amide bonds. The number of fused-ring (bicyclic) bond motifs is 1. The quantitative estimate of drug-likeness (QED) is 0.779. The zero-order chi connectivity index (χ0) is 13.3. The molecule has 1 aromatic rings. The molecule has 96 valence electrons. The molecule has 0 spiro atoms. The molecule has 0 saturated carbocycles. The van der Waals surface area contributed by atoms with Crippen molar-refractivity contribution in [1.82, 2.24) is 0 Å². The highest BCUT2D eigenvalue weighted by atomic mass is 16.6. The second kappa shape index (κ2) is 4.77.